The van der Waals surface area contributed by atoms with E-state index >= 15 is 0 Å². The Hall–Kier alpha value is -1.92. The largest absolute Gasteiger partial charge is 0.350 e. The molecular formula is C15H20ClN5O. The van der Waals surface area contributed by atoms with E-state index in [4.69, 9.17) is 0 Å². The van der Waals surface area contributed by atoms with E-state index in [-0.39, 0.29) is 18.3 Å². The number of carbonyl (C=O) groups is 1. The van der Waals surface area contributed by atoms with Crippen molar-refractivity contribution in [3.63, 3.8) is 0 Å². The molecule has 2 aromatic rings. The minimum absolute atomic E-state index is 0. The van der Waals surface area contributed by atoms with E-state index in [1.807, 2.05) is 38.1 Å². The van der Waals surface area contributed by atoms with Gasteiger partial charge in [0.15, 0.2) is 5.69 Å². The standard InChI is InChI=1S/C15H19N5O.ClH/c1-10-4-3-5-13(6-10)20-11(2)14(18-19-20)15(21)17-9-12-7-16-8-12;/h3-6,12,16H,7-9H2,1-2H3,(H,17,21);1H. The predicted molar refractivity (Wildman–Crippen MR) is 86.8 cm³/mol. The van der Waals surface area contributed by atoms with Gasteiger partial charge in [-0.1, -0.05) is 17.3 Å². The summed E-state index contributed by atoms with van der Waals surface area (Å²) in [5.41, 5.74) is 3.21. The zero-order chi connectivity index (χ0) is 14.8. The highest BCUT2D eigenvalue weighted by molar-refractivity contribution is 5.93. The zero-order valence-electron chi connectivity index (χ0n) is 12.7. The molecule has 2 heterocycles. The Kier molecular flexibility index (Phi) is 5.15. The maximum absolute atomic E-state index is 12.2. The number of halogens is 1. The normalized spacial score (nSPS) is 14.1. The Morgan fingerprint density at radius 2 is 2.18 bits per heavy atom. The third kappa shape index (κ3) is 3.28. The van der Waals surface area contributed by atoms with Gasteiger partial charge in [0.05, 0.1) is 11.4 Å². The Bertz CT molecular complexity index is 666. The number of aryl methyl sites for hydroxylation is 1. The highest BCUT2D eigenvalue weighted by Crippen LogP contribution is 2.13. The third-order valence-corrected chi connectivity index (χ3v) is 3.77. The lowest BCUT2D eigenvalue weighted by molar-refractivity contribution is 0.0936. The first-order valence-corrected chi connectivity index (χ1v) is 7.13. The molecule has 3 rings (SSSR count). The summed E-state index contributed by atoms with van der Waals surface area (Å²) in [5, 5.41) is 14.2. The number of hydrogen-bond donors (Lipinski definition) is 2. The summed E-state index contributed by atoms with van der Waals surface area (Å²) in [4.78, 5) is 12.2. The number of benzene rings is 1. The van der Waals surface area contributed by atoms with Gasteiger partial charge in [0.2, 0.25) is 0 Å². The molecule has 2 N–H and O–H groups in total. The first-order chi connectivity index (χ1) is 10.1. The average molecular weight is 322 g/mol. The molecule has 0 atom stereocenters. The van der Waals surface area contributed by atoms with Crippen molar-refractivity contribution in [3.8, 4) is 5.69 Å². The van der Waals surface area contributed by atoms with Crippen LogP contribution in [0.15, 0.2) is 24.3 Å². The van der Waals surface area contributed by atoms with Crippen LogP contribution in [-0.4, -0.2) is 40.5 Å². The van der Waals surface area contributed by atoms with Gasteiger partial charge in [-0.05, 0) is 31.5 Å². The highest BCUT2D eigenvalue weighted by atomic mass is 35.5. The number of nitrogens with one attached hydrogen (secondary N) is 2. The fraction of sp³-hybridized carbons (Fsp3) is 0.400. The van der Waals surface area contributed by atoms with E-state index in [2.05, 4.69) is 20.9 Å². The van der Waals surface area contributed by atoms with Gasteiger partial charge in [-0.15, -0.1) is 17.5 Å². The van der Waals surface area contributed by atoms with Crippen molar-refractivity contribution >= 4 is 18.3 Å². The number of amides is 1. The quantitative estimate of drug-likeness (QED) is 0.889. The molecule has 0 saturated carbocycles. The first kappa shape index (κ1) is 16.5. The van der Waals surface area contributed by atoms with Crippen LogP contribution in [0.25, 0.3) is 5.69 Å². The lowest BCUT2D eigenvalue weighted by Crippen LogP contribution is -2.48. The van der Waals surface area contributed by atoms with Gasteiger partial charge in [-0.2, -0.15) is 0 Å². The number of rotatable bonds is 4. The summed E-state index contributed by atoms with van der Waals surface area (Å²) in [6.45, 7) is 6.51. The summed E-state index contributed by atoms with van der Waals surface area (Å²) in [7, 11) is 0. The second-order valence-electron chi connectivity index (χ2n) is 5.51. The molecule has 1 aliphatic rings. The highest BCUT2D eigenvalue weighted by Gasteiger charge is 2.21. The van der Waals surface area contributed by atoms with Crippen LogP contribution in [0.2, 0.25) is 0 Å². The molecule has 0 aliphatic carbocycles. The van der Waals surface area contributed by atoms with Crippen molar-refractivity contribution in [1.29, 1.82) is 0 Å². The van der Waals surface area contributed by atoms with Crippen molar-refractivity contribution in [3.05, 3.63) is 41.2 Å². The summed E-state index contributed by atoms with van der Waals surface area (Å²) >= 11 is 0. The second kappa shape index (κ2) is 6.89. The molecule has 6 nitrogen and oxygen atoms in total. The van der Waals surface area contributed by atoms with Gasteiger partial charge in [0, 0.05) is 25.6 Å². The van der Waals surface area contributed by atoms with Crippen molar-refractivity contribution in [2.75, 3.05) is 19.6 Å². The maximum Gasteiger partial charge on any atom is 0.273 e. The van der Waals surface area contributed by atoms with Crippen molar-refractivity contribution in [2.24, 2.45) is 5.92 Å². The van der Waals surface area contributed by atoms with Crippen LogP contribution in [0.5, 0.6) is 0 Å². The van der Waals surface area contributed by atoms with Crippen LogP contribution < -0.4 is 10.6 Å². The molecule has 1 saturated heterocycles. The molecule has 0 radical (unpaired) electrons. The summed E-state index contributed by atoms with van der Waals surface area (Å²) < 4.78 is 1.70. The molecule has 1 aromatic heterocycles. The first-order valence-electron chi connectivity index (χ1n) is 7.13. The van der Waals surface area contributed by atoms with Crippen LogP contribution in [0.4, 0.5) is 0 Å². The Labute approximate surface area is 135 Å². The Morgan fingerprint density at radius 3 is 2.82 bits per heavy atom. The van der Waals surface area contributed by atoms with E-state index < -0.39 is 0 Å². The van der Waals surface area contributed by atoms with Crippen LogP contribution in [0.3, 0.4) is 0 Å². The zero-order valence-corrected chi connectivity index (χ0v) is 13.5. The van der Waals surface area contributed by atoms with E-state index in [9.17, 15) is 4.79 Å². The van der Waals surface area contributed by atoms with Crippen LogP contribution >= 0.6 is 12.4 Å². The van der Waals surface area contributed by atoms with Gasteiger partial charge in [-0.25, -0.2) is 4.68 Å². The molecule has 0 bridgehead atoms. The van der Waals surface area contributed by atoms with E-state index in [0.29, 0.717) is 18.2 Å². The fourth-order valence-corrected chi connectivity index (χ4v) is 2.36. The number of nitrogens with zero attached hydrogens (tertiary/aromatic N) is 3. The molecule has 7 heteroatoms. The van der Waals surface area contributed by atoms with Crippen molar-refractivity contribution in [1.82, 2.24) is 25.6 Å². The monoisotopic (exact) mass is 321 g/mol. The van der Waals surface area contributed by atoms with E-state index in [1.165, 1.54) is 0 Å². The second-order valence-corrected chi connectivity index (χ2v) is 5.51. The molecule has 1 fully saturated rings. The Morgan fingerprint density at radius 1 is 1.41 bits per heavy atom. The van der Waals surface area contributed by atoms with Crippen LogP contribution in [0.1, 0.15) is 21.7 Å². The third-order valence-electron chi connectivity index (χ3n) is 3.77. The molecule has 1 amide bonds. The van der Waals surface area contributed by atoms with E-state index in [1.54, 1.807) is 4.68 Å². The lowest BCUT2D eigenvalue weighted by atomic mass is 10.0. The van der Waals surface area contributed by atoms with Gasteiger partial charge < -0.3 is 10.6 Å². The molecule has 118 valence electrons. The topological polar surface area (TPSA) is 71.8 Å². The van der Waals surface area contributed by atoms with Gasteiger partial charge in [-0.3, -0.25) is 4.79 Å². The molecule has 1 aromatic carbocycles. The summed E-state index contributed by atoms with van der Waals surface area (Å²) in [5.74, 6) is 0.374. The fourth-order valence-electron chi connectivity index (χ4n) is 2.36. The molecular weight excluding hydrogens is 302 g/mol. The van der Waals surface area contributed by atoms with E-state index in [0.717, 1.165) is 30.0 Å². The predicted octanol–water partition coefficient (Wildman–Crippen LogP) is 1.26. The smallest absolute Gasteiger partial charge is 0.273 e. The number of aromatic nitrogens is 3. The van der Waals surface area contributed by atoms with Crippen LogP contribution in [-0.2, 0) is 0 Å². The maximum atomic E-state index is 12.2. The summed E-state index contributed by atoms with van der Waals surface area (Å²) in [6.07, 6.45) is 0. The minimum atomic E-state index is -0.154. The van der Waals surface area contributed by atoms with Crippen molar-refractivity contribution < 1.29 is 4.79 Å². The van der Waals surface area contributed by atoms with Crippen molar-refractivity contribution in [2.45, 2.75) is 13.8 Å². The Balaban J connectivity index is 0.00000176. The van der Waals surface area contributed by atoms with Crippen LogP contribution in [0, 0.1) is 19.8 Å². The molecule has 0 unspecified atom stereocenters. The minimum Gasteiger partial charge on any atom is -0.350 e. The number of carbonyl (C=O) groups excluding carboxylic acids is 1. The van der Waals surface area contributed by atoms with Gasteiger partial charge in [0.25, 0.3) is 5.91 Å². The summed E-state index contributed by atoms with van der Waals surface area (Å²) in [6, 6.07) is 7.96. The number of hydrogen-bond acceptors (Lipinski definition) is 4. The molecule has 1 aliphatic heterocycles. The SMILES string of the molecule is Cc1cccc(-n2nnc(C(=O)NCC3CNC3)c2C)c1.Cl. The molecule has 0 spiro atoms. The molecule has 22 heavy (non-hydrogen) atoms. The van der Waals surface area contributed by atoms with Gasteiger partial charge in [0.1, 0.15) is 0 Å². The van der Waals surface area contributed by atoms with Gasteiger partial charge >= 0.3 is 0 Å². The lowest BCUT2D eigenvalue weighted by Gasteiger charge is -2.26. The average Bonchev–Trinajstić information content (AvgIpc) is 2.78.